The van der Waals surface area contributed by atoms with Crippen LogP contribution in [0.3, 0.4) is 0 Å². The summed E-state index contributed by atoms with van der Waals surface area (Å²) in [7, 11) is 0. The Balaban J connectivity index is 1.69. The first-order valence-electron chi connectivity index (χ1n) is 12.0. The SMILES string of the molecule is CCCCCCN1C(=O)/C(=C\c2c(NC3CCCCC3)nc3c(C)cccn3c2=O)SC1=S. The molecule has 0 radical (unpaired) electrons. The molecule has 176 valence electrons. The molecular formula is C25H32N4O2S2. The zero-order chi connectivity index (χ0) is 23.4. The van der Waals surface area contributed by atoms with Gasteiger partial charge < -0.3 is 5.32 Å². The van der Waals surface area contributed by atoms with Gasteiger partial charge in [-0.05, 0) is 43.9 Å². The van der Waals surface area contributed by atoms with Crippen LogP contribution in [0.1, 0.15) is 75.8 Å². The fourth-order valence-electron chi connectivity index (χ4n) is 4.51. The average Bonchev–Trinajstić information content (AvgIpc) is 3.08. The highest BCUT2D eigenvalue weighted by Gasteiger charge is 2.32. The van der Waals surface area contributed by atoms with E-state index < -0.39 is 0 Å². The summed E-state index contributed by atoms with van der Waals surface area (Å²) in [5, 5.41) is 3.53. The van der Waals surface area contributed by atoms with Gasteiger partial charge in [0.2, 0.25) is 0 Å². The van der Waals surface area contributed by atoms with Crippen LogP contribution in [0.5, 0.6) is 0 Å². The number of hydrogen-bond donors (Lipinski definition) is 1. The topological polar surface area (TPSA) is 66.7 Å². The molecule has 6 nitrogen and oxygen atoms in total. The van der Waals surface area contributed by atoms with Crippen molar-refractivity contribution in [3.8, 4) is 0 Å². The van der Waals surface area contributed by atoms with E-state index in [1.54, 1.807) is 21.6 Å². The maximum atomic E-state index is 13.5. The van der Waals surface area contributed by atoms with E-state index in [1.807, 2.05) is 19.1 Å². The summed E-state index contributed by atoms with van der Waals surface area (Å²) in [4.78, 5) is 33.6. The summed E-state index contributed by atoms with van der Waals surface area (Å²) in [6.45, 7) is 4.75. The molecule has 0 atom stereocenters. The van der Waals surface area contributed by atoms with E-state index in [9.17, 15) is 9.59 Å². The van der Waals surface area contributed by atoms with Gasteiger partial charge in [-0.3, -0.25) is 18.9 Å². The van der Waals surface area contributed by atoms with Crippen molar-refractivity contribution < 1.29 is 4.79 Å². The first-order valence-corrected chi connectivity index (χ1v) is 13.3. The minimum Gasteiger partial charge on any atom is -0.367 e. The predicted molar refractivity (Wildman–Crippen MR) is 141 cm³/mol. The maximum absolute atomic E-state index is 13.5. The van der Waals surface area contributed by atoms with Crippen molar-refractivity contribution in [1.82, 2.24) is 14.3 Å². The molecule has 1 aliphatic carbocycles. The maximum Gasteiger partial charge on any atom is 0.267 e. The Morgan fingerprint density at radius 2 is 2.00 bits per heavy atom. The summed E-state index contributed by atoms with van der Waals surface area (Å²) >= 11 is 6.77. The van der Waals surface area contributed by atoms with Crippen molar-refractivity contribution in [2.75, 3.05) is 11.9 Å². The molecule has 1 saturated heterocycles. The van der Waals surface area contributed by atoms with Gasteiger partial charge in [-0.25, -0.2) is 4.98 Å². The molecule has 2 aromatic heterocycles. The van der Waals surface area contributed by atoms with Gasteiger partial charge >= 0.3 is 0 Å². The summed E-state index contributed by atoms with van der Waals surface area (Å²) in [5.74, 6) is 0.452. The molecular weight excluding hydrogens is 452 g/mol. The summed E-state index contributed by atoms with van der Waals surface area (Å²) in [6.07, 6.45) is 13.5. The fraction of sp³-hybridized carbons (Fsp3) is 0.520. The largest absolute Gasteiger partial charge is 0.367 e. The van der Waals surface area contributed by atoms with Gasteiger partial charge in [0.05, 0.1) is 10.5 Å². The third kappa shape index (κ3) is 5.32. The molecule has 0 unspecified atom stereocenters. The van der Waals surface area contributed by atoms with E-state index in [0.717, 1.165) is 44.1 Å². The Hall–Kier alpha value is -2.19. The van der Waals surface area contributed by atoms with Gasteiger partial charge in [-0.15, -0.1) is 0 Å². The molecule has 2 aliphatic rings. The highest BCUT2D eigenvalue weighted by molar-refractivity contribution is 8.26. The highest BCUT2D eigenvalue weighted by atomic mass is 32.2. The lowest BCUT2D eigenvalue weighted by Gasteiger charge is -2.24. The number of carbonyl (C=O) groups is 1. The first kappa shape index (κ1) is 24.0. The summed E-state index contributed by atoms with van der Waals surface area (Å²) in [5.41, 5.74) is 1.83. The van der Waals surface area contributed by atoms with Gasteiger partial charge in [-0.1, -0.05) is 75.5 Å². The third-order valence-electron chi connectivity index (χ3n) is 6.41. The Kier molecular flexibility index (Phi) is 7.86. The average molecular weight is 485 g/mol. The number of fused-ring (bicyclic) bond motifs is 1. The molecule has 1 amide bonds. The molecule has 1 N–H and O–H groups in total. The number of nitrogens with zero attached hydrogens (tertiary/aromatic N) is 3. The van der Waals surface area contributed by atoms with Crippen LogP contribution in [-0.2, 0) is 4.79 Å². The van der Waals surface area contributed by atoms with E-state index in [1.165, 1.54) is 31.0 Å². The molecule has 1 aliphatic heterocycles. The fourth-order valence-corrected chi connectivity index (χ4v) is 5.80. The van der Waals surface area contributed by atoms with Crippen LogP contribution in [0, 0.1) is 6.92 Å². The second-order valence-corrected chi connectivity index (χ2v) is 10.6. The smallest absolute Gasteiger partial charge is 0.267 e. The van der Waals surface area contributed by atoms with Gasteiger partial charge in [-0.2, -0.15) is 0 Å². The van der Waals surface area contributed by atoms with Crippen molar-refractivity contribution in [3.63, 3.8) is 0 Å². The lowest BCUT2D eigenvalue weighted by Crippen LogP contribution is -2.29. The predicted octanol–water partition coefficient (Wildman–Crippen LogP) is 5.53. The number of pyridine rings is 1. The van der Waals surface area contributed by atoms with E-state index in [0.29, 0.717) is 32.8 Å². The molecule has 4 rings (SSSR count). The Morgan fingerprint density at radius 1 is 1.21 bits per heavy atom. The highest BCUT2D eigenvalue weighted by Crippen LogP contribution is 2.33. The Morgan fingerprint density at radius 3 is 2.76 bits per heavy atom. The zero-order valence-corrected chi connectivity index (χ0v) is 21.1. The summed E-state index contributed by atoms with van der Waals surface area (Å²) < 4.78 is 2.13. The number of thiocarbonyl (C=S) groups is 1. The molecule has 8 heteroatoms. The third-order valence-corrected chi connectivity index (χ3v) is 7.79. The molecule has 3 heterocycles. The van der Waals surface area contributed by atoms with Crippen molar-refractivity contribution >= 4 is 51.7 Å². The lowest BCUT2D eigenvalue weighted by atomic mass is 9.95. The number of anilines is 1. The minimum absolute atomic E-state index is 0.112. The van der Waals surface area contributed by atoms with Crippen LogP contribution in [0.4, 0.5) is 5.82 Å². The van der Waals surface area contributed by atoms with E-state index in [2.05, 4.69) is 12.2 Å². The number of nitrogens with one attached hydrogen (secondary N) is 1. The number of amides is 1. The van der Waals surface area contributed by atoms with Crippen LogP contribution in [0.25, 0.3) is 11.7 Å². The van der Waals surface area contributed by atoms with Crippen molar-refractivity contribution in [3.05, 3.63) is 44.7 Å². The first-order chi connectivity index (χ1) is 16.0. The molecule has 2 aromatic rings. The zero-order valence-electron chi connectivity index (χ0n) is 19.4. The molecule has 0 spiro atoms. The molecule has 2 fully saturated rings. The van der Waals surface area contributed by atoms with Crippen LogP contribution < -0.4 is 10.9 Å². The molecule has 0 bridgehead atoms. The second kappa shape index (κ2) is 10.8. The van der Waals surface area contributed by atoms with E-state index in [4.69, 9.17) is 17.2 Å². The van der Waals surface area contributed by atoms with E-state index in [-0.39, 0.29) is 17.5 Å². The molecule has 1 saturated carbocycles. The number of carbonyl (C=O) groups excluding carboxylic acids is 1. The van der Waals surface area contributed by atoms with Gasteiger partial charge in [0, 0.05) is 18.8 Å². The Labute approximate surface area is 204 Å². The Bertz CT molecular complexity index is 1140. The number of aryl methyl sites for hydroxylation is 1. The van der Waals surface area contributed by atoms with Crippen molar-refractivity contribution in [1.29, 1.82) is 0 Å². The molecule has 33 heavy (non-hydrogen) atoms. The number of thioether (sulfide) groups is 1. The summed E-state index contributed by atoms with van der Waals surface area (Å²) in [6, 6.07) is 4.09. The van der Waals surface area contributed by atoms with E-state index >= 15 is 0 Å². The number of aromatic nitrogens is 2. The quantitative estimate of drug-likeness (QED) is 0.302. The van der Waals surface area contributed by atoms with Crippen LogP contribution in [0.2, 0.25) is 0 Å². The van der Waals surface area contributed by atoms with Crippen molar-refractivity contribution in [2.45, 2.75) is 77.7 Å². The van der Waals surface area contributed by atoms with Gasteiger partial charge in [0.15, 0.2) is 0 Å². The number of rotatable bonds is 8. The lowest BCUT2D eigenvalue weighted by molar-refractivity contribution is -0.122. The van der Waals surface area contributed by atoms with Crippen LogP contribution in [-0.4, -0.2) is 37.1 Å². The number of unbranched alkanes of at least 4 members (excludes halogenated alkanes) is 3. The van der Waals surface area contributed by atoms with Crippen LogP contribution in [0.15, 0.2) is 28.0 Å². The molecule has 0 aromatic carbocycles. The normalized spacial score (nSPS) is 18.6. The van der Waals surface area contributed by atoms with Gasteiger partial charge in [0.25, 0.3) is 11.5 Å². The standard InChI is InChI=1S/C25H32N4O2S2/c1-3-4-5-9-14-29-24(31)20(33-25(29)32)16-19-21(26-18-12-7-6-8-13-18)27-22-17(2)11-10-15-28(22)23(19)30/h10-11,15-16,18,26H,3-9,12-14H2,1-2H3/b20-16+. The van der Waals surface area contributed by atoms with Crippen LogP contribution >= 0.6 is 24.0 Å². The second-order valence-electron chi connectivity index (χ2n) is 8.94. The van der Waals surface area contributed by atoms with Gasteiger partial charge in [0.1, 0.15) is 15.8 Å². The monoisotopic (exact) mass is 484 g/mol. The number of hydrogen-bond acceptors (Lipinski definition) is 6. The van der Waals surface area contributed by atoms with Crippen molar-refractivity contribution in [2.24, 2.45) is 0 Å². The minimum atomic E-state index is -0.171.